The molecule has 0 aromatic carbocycles. The molecule has 0 radical (unpaired) electrons. The Labute approximate surface area is 122 Å². The third-order valence-electron chi connectivity index (χ3n) is 4.21. The van der Waals surface area contributed by atoms with Crippen molar-refractivity contribution in [3.63, 3.8) is 0 Å². The largest absolute Gasteiger partial charge is 0.370 e. The average Bonchev–Trinajstić information content (AvgIpc) is 2.31. The Morgan fingerprint density at radius 3 is 1.47 bits per heavy atom. The molecule has 2 fully saturated rings. The summed E-state index contributed by atoms with van der Waals surface area (Å²) < 4.78 is 0. The molecule has 0 unspecified atom stereocenters. The molecule has 3 N–H and O–H groups in total. The molecule has 0 atom stereocenters. The first-order chi connectivity index (χ1) is 7.79. The third-order valence-corrected chi connectivity index (χ3v) is 4.21. The Hall–Kier alpha value is 0. The fourth-order valence-electron chi connectivity index (χ4n) is 3.41. The van der Waals surface area contributed by atoms with Gasteiger partial charge in [0.15, 0.2) is 5.96 Å². The van der Waals surface area contributed by atoms with Crippen molar-refractivity contribution >= 4 is 29.9 Å². The van der Waals surface area contributed by atoms with Crippen LogP contribution in [0.25, 0.3) is 0 Å². The second-order valence-corrected chi connectivity index (χ2v) is 5.38. The van der Waals surface area contributed by atoms with Crippen molar-refractivity contribution in [2.75, 3.05) is 0 Å². The summed E-state index contributed by atoms with van der Waals surface area (Å²) in [4.78, 5) is 2.25. The van der Waals surface area contributed by atoms with Gasteiger partial charge in [0.05, 0.1) is 0 Å². The summed E-state index contributed by atoms with van der Waals surface area (Å²) in [5.74, 6) is 0.318. The van der Waals surface area contributed by atoms with Gasteiger partial charge in [-0.25, -0.2) is 0 Å². The number of guanidine groups is 1. The van der Waals surface area contributed by atoms with Crippen LogP contribution in [0, 0.1) is 5.41 Å². The maximum Gasteiger partial charge on any atom is 0.188 e. The van der Waals surface area contributed by atoms with Crippen LogP contribution in [-0.2, 0) is 0 Å². The van der Waals surface area contributed by atoms with Crippen LogP contribution in [0.2, 0.25) is 0 Å². The highest BCUT2D eigenvalue weighted by atomic mass is 127. The molecule has 0 heterocycles. The zero-order valence-electron chi connectivity index (χ0n) is 10.7. The molecular formula is C13H26IN3. The van der Waals surface area contributed by atoms with Gasteiger partial charge < -0.3 is 10.6 Å². The molecule has 0 aromatic rings. The van der Waals surface area contributed by atoms with Crippen LogP contribution in [0.3, 0.4) is 0 Å². The van der Waals surface area contributed by atoms with Crippen LogP contribution < -0.4 is 5.73 Å². The standard InChI is InChI=1S/C13H25N3.HI/c14-13(15)16(11-7-3-1-4-8-11)12-9-5-2-6-10-12;/h11-12H,1-10H2,(H3,14,15);1H. The Kier molecular flexibility index (Phi) is 6.59. The van der Waals surface area contributed by atoms with E-state index in [0.29, 0.717) is 18.0 Å². The van der Waals surface area contributed by atoms with E-state index in [2.05, 4.69) is 4.90 Å². The second-order valence-electron chi connectivity index (χ2n) is 5.38. The number of rotatable bonds is 2. The minimum Gasteiger partial charge on any atom is -0.370 e. The van der Waals surface area contributed by atoms with Gasteiger partial charge >= 0.3 is 0 Å². The number of nitrogens with two attached hydrogens (primary N) is 1. The molecule has 4 heteroatoms. The Bertz CT molecular complexity index is 215. The summed E-state index contributed by atoms with van der Waals surface area (Å²) >= 11 is 0. The van der Waals surface area contributed by atoms with Gasteiger partial charge in [-0.3, -0.25) is 5.41 Å². The highest BCUT2D eigenvalue weighted by Gasteiger charge is 2.29. The van der Waals surface area contributed by atoms with Gasteiger partial charge in [-0.1, -0.05) is 38.5 Å². The molecule has 0 saturated heterocycles. The van der Waals surface area contributed by atoms with Crippen LogP contribution in [0.1, 0.15) is 64.2 Å². The molecule has 2 aliphatic carbocycles. The van der Waals surface area contributed by atoms with Gasteiger partial charge in [-0.05, 0) is 25.7 Å². The van der Waals surface area contributed by atoms with E-state index in [4.69, 9.17) is 11.1 Å². The van der Waals surface area contributed by atoms with Crippen LogP contribution in [0.5, 0.6) is 0 Å². The van der Waals surface area contributed by atoms with Gasteiger partial charge in [0.2, 0.25) is 0 Å². The molecular weight excluding hydrogens is 325 g/mol. The minimum absolute atomic E-state index is 0. The normalized spacial score (nSPS) is 22.8. The highest BCUT2D eigenvalue weighted by molar-refractivity contribution is 14.0. The quantitative estimate of drug-likeness (QED) is 0.455. The van der Waals surface area contributed by atoms with E-state index in [9.17, 15) is 0 Å². The number of hydrogen-bond donors (Lipinski definition) is 2. The van der Waals surface area contributed by atoms with E-state index >= 15 is 0 Å². The van der Waals surface area contributed by atoms with Crippen LogP contribution >= 0.6 is 24.0 Å². The van der Waals surface area contributed by atoms with Gasteiger partial charge in [-0.2, -0.15) is 0 Å². The zero-order valence-corrected chi connectivity index (χ0v) is 13.0. The average molecular weight is 351 g/mol. The first-order valence-corrected chi connectivity index (χ1v) is 6.91. The number of halogens is 1. The van der Waals surface area contributed by atoms with Gasteiger partial charge in [0, 0.05) is 12.1 Å². The first-order valence-electron chi connectivity index (χ1n) is 6.91. The molecule has 2 saturated carbocycles. The molecule has 0 bridgehead atoms. The molecule has 2 rings (SSSR count). The SMILES string of the molecule is I.N=C(N)N(C1CCCCC1)C1CCCCC1. The summed E-state index contributed by atoms with van der Waals surface area (Å²) in [6.07, 6.45) is 13.0. The number of nitrogens with one attached hydrogen (secondary N) is 1. The summed E-state index contributed by atoms with van der Waals surface area (Å²) in [5.41, 5.74) is 5.81. The molecule has 0 aliphatic heterocycles. The van der Waals surface area contributed by atoms with Crippen LogP contribution in [-0.4, -0.2) is 22.9 Å². The molecule has 100 valence electrons. The predicted molar refractivity (Wildman–Crippen MR) is 82.9 cm³/mol. The summed E-state index contributed by atoms with van der Waals surface area (Å²) in [6.45, 7) is 0. The van der Waals surface area contributed by atoms with E-state index in [1.807, 2.05) is 0 Å². The van der Waals surface area contributed by atoms with E-state index in [0.717, 1.165) is 0 Å². The summed E-state index contributed by atoms with van der Waals surface area (Å²) in [5, 5.41) is 7.83. The lowest BCUT2D eigenvalue weighted by Crippen LogP contribution is -2.51. The lowest BCUT2D eigenvalue weighted by atomic mass is 9.89. The van der Waals surface area contributed by atoms with Crippen molar-refractivity contribution in [3.05, 3.63) is 0 Å². The Balaban J connectivity index is 0.00000144. The van der Waals surface area contributed by atoms with E-state index < -0.39 is 0 Å². The molecule has 3 nitrogen and oxygen atoms in total. The molecule has 0 amide bonds. The second kappa shape index (κ2) is 7.44. The lowest BCUT2D eigenvalue weighted by Gasteiger charge is -2.42. The van der Waals surface area contributed by atoms with Crippen molar-refractivity contribution in [2.45, 2.75) is 76.3 Å². The monoisotopic (exact) mass is 351 g/mol. The molecule has 2 aliphatic rings. The predicted octanol–water partition coefficient (Wildman–Crippen LogP) is 3.47. The smallest absolute Gasteiger partial charge is 0.188 e. The van der Waals surface area contributed by atoms with E-state index in [-0.39, 0.29) is 24.0 Å². The van der Waals surface area contributed by atoms with Crippen molar-refractivity contribution in [3.8, 4) is 0 Å². The molecule has 0 spiro atoms. The fourth-order valence-corrected chi connectivity index (χ4v) is 3.41. The van der Waals surface area contributed by atoms with Gasteiger partial charge in [0.25, 0.3) is 0 Å². The van der Waals surface area contributed by atoms with Crippen LogP contribution in [0.4, 0.5) is 0 Å². The number of nitrogens with zero attached hydrogens (tertiary/aromatic N) is 1. The van der Waals surface area contributed by atoms with Crippen molar-refractivity contribution in [1.29, 1.82) is 5.41 Å². The third kappa shape index (κ3) is 4.00. The first kappa shape index (κ1) is 15.1. The summed E-state index contributed by atoms with van der Waals surface area (Å²) in [6, 6.07) is 1.13. The van der Waals surface area contributed by atoms with Crippen LogP contribution in [0.15, 0.2) is 0 Å². The van der Waals surface area contributed by atoms with Crippen molar-refractivity contribution in [1.82, 2.24) is 4.90 Å². The topological polar surface area (TPSA) is 53.1 Å². The van der Waals surface area contributed by atoms with E-state index in [1.165, 1.54) is 64.2 Å². The highest BCUT2D eigenvalue weighted by Crippen LogP contribution is 2.29. The fraction of sp³-hybridized carbons (Fsp3) is 0.923. The van der Waals surface area contributed by atoms with E-state index in [1.54, 1.807) is 0 Å². The molecule has 17 heavy (non-hydrogen) atoms. The minimum atomic E-state index is 0. The van der Waals surface area contributed by atoms with Crippen molar-refractivity contribution < 1.29 is 0 Å². The Morgan fingerprint density at radius 2 is 1.18 bits per heavy atom. The lowest BCUT2D eigenvalue weighted by molar-refractivity contribution is 0.155. The molecule has 0 aromatic heterocycles. The zero-order chi connectivity index (χ0) is 11.4. The number of hydrogen-bond acceptors (Lipinski definition) is 1. The maximum atomic E-state index is 7.83. The maximum absolute atomic E-state index is 7.83. The van der Waals surface area contributed by atoms with Gasteiger partial charge in [-0.15, -0.1) is 24.0 Å². The van der Waals surface area contributed by atoms with Gasteiger partial charge in [0.1, 0.15) is 0 Å². The van der Waals surface area contributed by atoms with Crippen molar-refractivity contribution in [2.24, 2.45) is 5.73 Å². The Morgan fingerprint density at radius 1 is 0.824 bits per heavy atom. The summed E-state index contributed by atoms with van der Waals surface area (Å²) in [7, 11) is 0.